The average Bonchev–Trinajstić information content (AvgIpc) is 3.52. The summed E-state index contributed by atoms with van der Waals surface area (Å²) in [5, 5.41) is 8.28. The molecule has 2 aromatic heterocycles. The van der Waals surface area contributed by atoms with Crippen LogP contribution >= 0.6 is 0 Å². The molecular weight excluding hydrogens is 540 g/mol. The standard InChI is InChI=1S/C34H36N6O3/c1-6-10-29-21(2)16-30(34(43)35-14-13-25-11-8-7-9-12-25)40(29)31(42)20-39-33-22(3)15-26(27-18-36-24(5)37-19-27)17-28(33)32(38-39)23(4)41/h1,7-9,11-12,15,17-19,21,29-30H,10,13-14,16,20H2,2-5H3,(H,35,43)/t21-,29+,30-/m0/s1. The fourth-order valence-electron chi connectivity index (χ4n) is 6.05. The molecule has 4 aromatic rings. The number of ketones is 1. The number of terminal acetylenes is 1. The van der Waals surface area contributed by atoms with E-state index < -0.39 is 6.04 Å². The molecule has 1 fully saturated rings. The van der Waals surface area contributed by atoms with Crippen LogP contribution in [-0.2, 0) is 22.6 Å². The van der Waals surface area contributed by atoms with Crippen LogP contribution in [0.25, 0.3) is 22.0 Å². The van der Waals surface area contributed by atoms with Crippen LogP contribution in [0.3, 0.4) is 0 Å². The Hall–Kier alpha value is -4.84. The smallest absolute Gasteiger partial charge is 0.245 e. The van der Waals surface area contributed by atoms with Crippen molar-refractivity contribution in [1.29, 1.82) is 0 Å². The van der Waals surface area contributed by atoms with Crippen LogP contribution in [0.5, 0.6) is 0 Å². The van der Waals surface area contributed by atoms with Crippen LogP contribution in [0.1, 0.15) is 54.1 Å². The number of aryl methyl sites for hydroxylation is 2. The Morgan fingerprint density at radius 2 is 1.79 bits per heavy atom. The minimum atomic E-state index is -0.639. The number of hydrogen-bond donors (Lipinski definition) is 1. The van der Waals surface area contributed by atoms with E-state index in [4.69, 9.17) is 6.42 Å². The van der Waals surface area contributed by atoms with Gasteiger partial charge in [0.05, 0.1) is 5.52 Å². The van der Waals surface area contributed by atoms with Gasteiger partial charge in [0.15, 0.2) is 5.78 Å². The monoisotopic (exact) mass is 576 g/mol. The number of nitrogens with one attached hydrogen (secondary N) is 1. The molecule has 0 bridgehead atoms. The number of aromatic nitrogens is 4. The quantitative estimate of drug-likeness (QED) is 0.235. The summed E-state index contributed by atoms with van der Waals surface area (Å²) in [5.74, 6) is 2.75. The van der Waals surface area contributed by atoms with Gasteiger partial charge in [-0.25, -0.2) is 9.97 Å². The Morgan fingerprint density at radius 1 is 1.07 bits per heavy atom. The van der Waals surface area contributed by atoms with Gasteiger partial charge >= 0.3 is 0 Å². The van der Waals surface area contributed by atoms with Gasteiger partial charge in [0, 0.05) is 49.3 Å². The van der Waals surface area contributed by atoms with Crippen LogP contribution in [-0.4, -0.2) is 60.9 Å². The largest absolute Gasteiger partial charge is 0.354 e. The first-order valence-electron chi connectivity index (χ1n) is 14.5. The second-order valence-corrected chi connectivity index (χ2v) is 11.3. The fourth-order valence-corrected chi connectivity index (χ4v) is 6.05. The van der Waals surface area contributed by atoms with Crippen molar-refractivity contribution in [3.05, 3.63) is 77.5 Å². The summed E-state index contributed by atoms with van der Waals surface area (Å²) in [7, 11) is 0. The van der Waals surface area contributed by atoms with Gasteiger partial charge < -0.3 is 10.2 Å². The first-order chi connectivity index (χ1) is 20.7. The summed E-state index contributed by atoms with van der Waals surface area (Å²) in [6.07, 6.45) is 10.8. The summed E-state index contributed by atoms with van der Waals surface area (Å²) in [6, 6.07) is 12.9. The number of carbonyl (C=O) groups is 3. The molecule has 0 aliphatic carbocycles. The molecular formula is C34H36N6O3. The third-order valence-corrected chi connectivity index (χ3v) is 8.19. The summed E-state index contributed by atoms with van der Waals surface area (Å²) in [5.41, 5.74) is 4.63. The van der Waals surface area contributed by atoms with Gasteiger partial charge in [0.25, 0.3) is 0 Å². The predicted octanol–water partition coefficient (Wildman–Crippen LogP) is 4.30. The number of likely N-dealkylation sites (tertiary alicyclic amines) is 1. The fraction of sp³-hybridized carbons (Fsp3) is 0.353. The molecule has 5 rings (SSSR count). The van der Waals surface area contributed by atoms with Crippen LogP contribution in [0, 0.1) is 32.1 Å². The van der Waals surface area contributed by atoms with Crippen molar-refractivity contribution in [2.45, 2.75) is 65.6 Å². The molecule has 2 aromatic carbocycles. The number of carbonyl (C=O) groups excluding carboxylic acids is 3. The highest BCUT2D eigenvalue weighted by Crippen LogP contribution is 2.34. The summed E-state index contributed by atoms with van der Waals surface area (Å²) < 4.78 is 1.58. The molecule has 1 aliphatic rings. The first-order valence-corrected chi connectivity index (χ1v) is 14.5. The number of rotatable bonds is 9. The third kappa shape index (κ3) is 6.19. The van der Waals surface area contributed by atoms with Crippen LogP contribution in [0.15, 0.2) is 54.9 Å². The summed E-state index contributed by atoms with van der Waals surface area (Å²) in [6.45, 7) is 7.58. The zero-order chi connectivity index (χ0) is 30.7. The summed E-state index contributed by atoms with van der Waals surface area (Å²) in [4.78, 5) is 50.4. The maximum absolute atomic E-state index is 14.0. The lowest BCUT2D eigenvalue weighted by molar-refractivity contribution is -0.141. The molecule has 0 spiro atoms. The molecule has 9 heteroatoms. The normalized spacial score (nSPS) is 18.0. The van der Waals surface area contributed by atoms with Gasteiger partial charge in [-0.05, 0) is 61.4 Å². The van der Waals surface area contributed by atoms with Crippen molar-refractivity contribution in [2.24, 2.45) is 5.92 Å². The van der Waals surface area contributed by atoms with Crippen LogP contribution < -0.4 is 5.32 Å². The van der Waals surface area contributed by atoms with Gasteiger partial charge in [-0.2, -0.15) is 5.10 Å². The lowest BCUT2D eigenvalue weighted by Gasteiger charge is -2.30. The van der Waals surface area contributed by atoms with Crippen molar-refractivity contribution >= 4 is 28.5 Å². The number of nitrogens with zero attached hydrogens (tertiary/aromatic N) is 5. The molecule has 0 radical (unpaired) electrons. The maximum atomic E-state index is 14.0. The molecule has 2 amide bonds. The molecule has 1 saturated heterocycles. The number of fused-ring (bicyclic) bond motifs is 1. The minimum Gasteiger partial charge on any atom is -0.354 e. The Morgan fingerprint density at radius 3 is 2.47 bits per heavy atom. The van der Waals surface area contributed by atoms with E-state index in [1.807, 2.05) is 63.2 Å². The van der Waals surface area contributed by atoms with Gasteiger partial charge in [-0.3, -0.25) is 19.1 Å². The highest BCUT2D eigenvalue weighted by Gasteiger charge is 2.44. The van der Waals surface area contributed by atoms with Crippen molar-refractivity contribution in [2.75, 3.05) is 6.54 Å². The Kier molecular flexibility index (Phi) is 8.67. The van der Waals surface area contributed by atoms with Crippen molar-refractivity contribution in [3.8, 4) is 23.5 Å². The van der Waals surface area contributed by atoms with Crippen molar-refractivity contribution in [3.63, 3.8) is 0 Å². The molecule has 1 N–H and O–H groups in total. The van der Waals surface area contributed by atoms with Gasteiger partial charge in [-0.1, -0.05) is 37.3 Å². The molecule has 3 heterocycles. The molecule has 43 heavy (non-hydrogen) atoms. The number of amides is 2. The van der Waals surface area contributed by atoms with E-state index in [0.29, 0.717) is 42.5 Å². The first kappa shape index (κ1) is 29.6. The predicted molar refractivity (Wildman–Crippen MR) is 165 cm³/mol. The van der Waals surface area contributed by atoms with Crippen molar-refractivity contribution < 1.29 is 14.4 Å². The topological polar surface area (TPSA) is 110 Å². The second-order valence-electron chi connectivity index (χ2n) is 11.3. The van der Waals surface area contributed by atoms with Gasteiger partial charge in [0.1, 0.15) is 24.1 Å². The van der Waals surface area contributed by atoms with E-state index in [9.17, 15) is 14.4 Å². The molecule has 3 atom stereocenters. The number of hydrogen-bond acceptors (Lipinski definition) is 6. The highest BCUT2D eigenvalue weighted by molar-refractivity contribution is 6.07. The molecule has 1 aliphatic heterocycles. The Balaban J connectivity index is 1.43. The average molecular weight is 577 g/mol. The number of Topliss-reactive ketones (excluding diaryl/α,β-unsaturated/α-hetero) is 1. The van der Waals surface area contributed by atoms with E-state index in [1.165, 1.54) is 6.92 Å². The molecule has 0 unspecified atom stereocenters. The molecule has 220 valence electrons. The summed E-state index contributed by atoms with van der Waals surface area (Å²) >= 11 is 0. The Labute approximate surface area is 251 Å². The lowest BCUT2D eigenvalue weighted by Crippen LogP contribution is -2.50. The van der Waals surface area contributed by atoms with Gasteiger partial charge in [-0.15, -0.1) is 12.3 Å². The van der Waals surface area contributed by atoms with Crippen LogP contribution in [0.4, 0.5) is 0 Å². The third-order valence-electron chi connectivity index (χ3n) is 8.19. The van der Waals surface area contributed by atoms with E-state index >= 15 is 0 Å². The van der Waals surface area contributed by atoms with E-state index in [0.717, 1.165) is 22.3 Å². The number of benzene rings is 2. The van der Waals surface area contributed by atoms with Gasteiger partial charge in [0.2, 0.25) is 11.8 Å². The highest BCUT2D eigenvalue weighted by atomic mass is 16.2. The second kappa shape index (κ2) is 12.6. The SMILES string of the molecule is C#CC[C@@H]1[C@@H](C)C[C@@H](C(=O)NCCc2ccccc2)N1C(=O)Cn1nc(C(C)=O)c2cc(-c3cnc(C)nc3)cc(C)c21. The van der Waals surface area contributed by atoms with E-state index in [1.54, 1.807) is 22.0 Å². The van der Waals surface area contributed by atoms with Crippen LogP contribution in [0.2, 0.25) is 0 Å². The minimum absolute atomic E-state index is 0.0491. The maximum Gasteiger partial charge on any atom is 0.245 e. The lowest BCUT2D eigenvalue weighted by atomic mass is 9.99. The zero-order valence-electron chi connectivity index (χ0n) is 25.0. The van der Waals surface area contributed by atoms with E-state index in [-0.39, 0.29) is 41.8 Å². The zero-order valence-corrected chi connectivity index (χ0v) is 25.0. The van der Waals surface area contributed by atoms with E-state index in [2.05, 4.69) is 26.3 Å². The van der Waals surface area contributed by atoms with Crippen molar-refractivity contribution in [1.82, 2.24) is 30.0 Å². The Bertz CT molecular complexity index is 1700. The molecule has 0 saturated carbocycles. The molecule has 9 nitrogen and oxygen atoms in total.